The molecule has 1 atom stereocenters. The molecule has 0 fully saturated rings. The van der Waals surface area contributed by atoms with Gasteiger partial charge in [-0.1, -0.05) is 24.6 Å². The van der Waals surface area contributed by atoms with E-state index in [0.29, 0.717) is 10.7 Å². The van der Waals surface area contributed by atoms with E-state index in [4.69, 9.17) is 16.7 Å². The molecule has 9 heteroatoms. The summed E-state index contributed by atoms with van der Waals surface area (Å²) in [5.74, 6) is -1.68. The summed E-state index contributed by atoms with van der Waals surface area (Å²) in [6.07, 6.45) is -0.200. The van der Waals surface area contributed by atoms with Gasteiger partial charge in [0.1, 0.15) is 15.9 Å². The molecule has 0 heterocycles. The highest BCUT2D eigenvalue weighted by Crippen LogP contribution is 2.14. The molecule has 0 saturated heterocycles. The van der Waals surface area contributed by atoms with Gasteiger partial charge in [0.15, 0.2) is 0 Å². The zero-order valence-corrected chi connectivity index (χ0v) is 13.4. The third-order valence-corrected chi connectivity index (χ3v) is 4.82. The zero-order chi connectivity index (χ0) is 16.8. The number of rotatable bonds is 7. The Kier molecular flexibility index (Phi) is 6.63. The van der Waals surface area contributed by atoms with Crippen molar-refractivity contribution >= 4 is 39.1 Å². The van der Waals surface area contributed by atoms with Crippen molar-refractivity contribution in [1.82, 2.24) is 5.32 Å². The number of carboxylic acid groups (broad SMARTS) is 1. The van der Waals surface area contributed by atoms with Gasteiger partial charge in [0.2, 0.25) is 0 Å². The smallest absolute Gasteiger partial charge is 0.326 e. The van der Waals surface area contributed by atoms with Crippen LogP contribution in [0.3, 0.4) is 0 Å². The van der Waals surface area contributed by atoms with Crippen LogP contribution in [0.2, 0.25) is 5.02 Å². The number of halogens is 1. The lowest BCUT2D eigenvalue weighted by Gasteiger charge is -2.15. The molecule has 1 unspecified atom stereocenters. The molecule has 3 N–H and O–H groups in total. The molecule has 1 rings (SSSR count). The van der Waals surface area contributed by atoms with Gasteiger partial charge in [0.25, 0.3) is 0 Å². The Bertz CT molecular complexity index is 648. The first-order valence-corrected chi connectivity index (χ1v) is 8.69. The van der Waals surface area contributed by atoms with Gasteiger partial charge in [0, 0.05) is 16.5 Å². The molecule has 0 aliphatic heterocycles. The van der Waals surface area contributed by atoms with Crippen molar-refractivity contribution in [1.29, 1.82) is 0 Å². The first-order valence-electron chi connectivity index (χ1n) is 6.50. The van der Waals surface area contributed by atoms with E-state index in [2.05, 4.69) is 10.6 Å². The molecule has 0 bridgehead atoms. The molecule has 1 aromatic rings. The van der Waals surface area contributed by atoms with Crippen molar-refractivity contribution in [3.8, 4) is 0 Å². The Morgan fingerprint density at radius 3 is 2.59 bits per heavy atom. The van der Waals surface area contributed by atoms with E-state index in [0.717, 1.165) is 0 Å². The minimum absolute atomic E-state index is 0.0753. The third-order valence-electron chi connectivity index (χ3n) is 2.84. The quantitative estimate of drug-likeness (QED) is 0.694. The van der Waals surface area contributed by atoms with Crippen molar-refractivity contribution < 1.29 is 23.1 Å². The SMILES string of the molecule is CCS(=O)(=O)CCC(NC(=O)Nc1cccc(Cl)c1)C(=O)O. The Labute approximate surface area is 133 Å². The van der Waals surface area contributed by atoms with Crippen LogP contribution >= 0.6 is 11.6 Å². The minimum atomic E-state index is -3.30. The average Bonchev–Trinajstić information content (AvgIpc) is 2.43. The number of sulfone groups is 1. The number of nitrogens with one attached hydrogen (secondary N) is 2. The number of hydrogen-bond donors (Lipinski definition) is 3. The van der Waals surface area contributed by atoms with E-state index >= 15 is 0 Å². The van der Waals surface area contributed by atoms with Gasteiger partial charge in [-0.15, -0.1) is 0 Å². The predicted molar refractivity (Wildman–Crippen MR) is 84.0 cm³/mol. The maximum atomic E-state index is 11.8. The summed E-state index contributed by atoms with van der Waals surface area (Å²) in [5.41, 5.74) is 0.398. The first-order chi connectivity index (χ1) is 10.2. The van der Waals surface area contributed by atoms with Crippen LogP contribution in [0.4, 0.5) is 10.5 Å². The van der Waals surface area contributed by atoms with Gasteiger partial charge in [-0.2, -0.15) is 0 Å². The van der Waals surface area contributed by atoms with E-state index in [-0.39, 0.29) is 17.9 Å². The number of hydrogen-bond acceptors (Lipinski definition) is 4. The Morgan fingerprint density at radius 1 is 1.36 bits per heavy atom. The summed E-state index contributed by atoms with van der Waals surface area (Å²) >= 11 is 5.77. The molecular formula is C13H17ClN2O5S. The van der Waals surface area contributed by atoms with Crippen LogP contribution in [0.1, 0.15) is 13.3 Å². The van der Waals surface area contributed by atoms with Crippen molar-refractivity contribution in [3.63, 3.8) is 0 Å². The van der Waals surface area contributed by atoms with Crippen molar-refractivity contribution in [2.24, 2.45) is 0 Å². The van der Waals surface area contributed by atoms with Gasteiger partial charge >= 0.3 is 12.0 Å². The van der Waals surface area contributed by atoms with E-state index in [1.807, 2.05) is 0 Å². The highest BCUT2D eigenvalue weighted by Gasteiger charge is 2.22. The molecule has 0 aliphatic carbocycles. The lowest BCUT2D eigenvalue weighted by molar-refractivity contribution is -0.139. The molecule has 0 spiro atoms. The maximum absolute atomic E-state index is 11.8. The maximum Gasteiger partial charge on any atom is 0.326 e. The average molecular weight is 349 g/mol. The van der Waals surface area contributed by atoms with Crippen LogP contribution in [0.5, 0.6) is 0 Å². The normalized spacial score (nSPS) is 12.5. The summed E-state index contributed by atoms with van der Waals surface area (Å²) in [5, 5.41) is 14.1. The molecular weight excluding hydrogens is 332 g/mol. The zero-order valence-electron chi connectivity index (χ0n) is 11.9. The number of amides is 2. The Morgan fingerprint density at radius 2 is 2.05 bits per heavy atom. The van der Waals surface area contributed by atoms with Gasteiger partial charge in [-0.05, 0) is 24.6 Å². The molecule has 2 amide bonds. The number of carbonyl (C=O) groups is 2. The largest absolute Gasteiger partial charge is 0.480 e. The van der Waals surface area contributed by atoms with Gasteiger partial charge in [0.05, 0.1) is 5.75 Å². The highest BCUT2D eigenvalue weighted by atomic mass is 35.5. The summed E-state index contributed by atoms with van der Waals surface area (Å²) in [7, 11) is -3.30. The fraction of sp³-hybridized carbons (Fsp3) is 0.385. The van der Waals surface area contributed by atoms with Crippen LogP contribution in [0, 0.1) is 0 Å². The van der Waals surface area contributed by atoms with Gasteiger partial charge < -0.3 is 15.7 Å². The summed E-state index contributed by atoms with van der Waals surface area (Å²) in [6.45, 7) is 1.48. The number of aliphatic carboxylic acids is 1. The van der Waals surface area contributed by atoms with Crippen LogP contribution in [-0.2, 0) is 14.6 Å². The summed E-state index contributed by atoms with van der Waals surface area (Å²) < 4.78 is 22.8. The molecule has 1 aromatic carbocycles. The van der Waals surface area contributed by atoms with E-state index < -0.39 is 27.9 Å². The van der Waals surface area contributed by atoms with Crippen LogP contribution < -0.4 is 10.6 Å². The van der Waals surface area contributed by atoms with E-state index in [1.54, 1.807) is 18.2 Å². The summed E-state index contributed by atoms with van der Waals surface area (Å²) in [6, 6.07) is 4.30. The second-order valence-electron chi connectivity index (χ2n) is 4.52. The number of carboxylic acids is 1. The molecule has 0 aliphatic rings. The van der Waals surface area contributed by atoms with E-state index in [1.165, 1.54) is 13.0 Å². The van der Waals surface area contributed by atoms with Crippen molar-refractivity contribution in [3.05, 3.63) is 29.3 Å². The topological polar surface area (TPSA) is 113 Å². The van der Waals surface area contributed by atoms with E-state index in [9.17, 15) is 18.0 Å². The van der Waals surface area contributed by atoms with Gasteiger partial charge in [-0.3, -0.25) is 0 Å². The standard InChI is InChI=1S/C13H17ClN2O5S/c1-2-22(20,21)7-6-11(12(17)18)16-13(19)15-10-5-3-4-9(14)8-10/h3-5,8,11H,2,6-7H2,1H3,(H,17,18)(H2,15,16,19). The molecule has 0 saturated carbocycles. The second-order valence-corrected chi connectivity index (χ2v) is 7.43. The first kappa shape index (κ1) is 18.2. The lowest BCUT2D eigenvalue weighted by atomic mass is 10.2. The Balaban J connectivity index is 2.63. The predicted octanol–water partition coefficient (Wildman–Crippen LogP) is 1.74. The van der Waals surface area contributed by atoms with Crippen LogP contribution in [-0.4, -0.2) is 43.1 Å². The lowest BCUT2D eigenvalue weighted by Crippen LogP contribution is -2.44. The van der Waals surface area contributed by atoms with Gasteiger partial charge in [-0.25, -0.2) is 18.0 Å². The second kappa shape index (κ2) is 8.00. The third kappa shape index (κ3) is 6.31. The fourth-order valence-corrected chi connectivity index (χ4v) is 2.66. The highest BCUT2D eigenvalue weighted by molar-refractivity contribution is 7.91. The van der Waals surface area contributed by atoms with Crippen LogP contribution in [0.25, 0.3) is 0 Å². The molecule has 0 aromatic heterocycles. The van der Waals surface area contributed by atoms with Crippen molar-refractivity contribution in [2.75, 3.05) is 16.8 Å². The number of carbonyl (C=O) groups excluding carboxylic acids is 1. The number of anilines is 1. The molecule has 122 valence electrons. The number of benzene rings is 1. The Hall–Kier alpha value is -1.80. The molecule has 7 nitrogen and oxygen atoms in total. The minimum Gasteiger partial charge on any atom is -0.480 e. The summed E-state index contributed by atoms with van der Waals surface area (Å²) in [4.78, 5) is 22.8. The van der Waals surface area contributed by atoms with Crippen molar-refractivity contribution in [2.45, 2.75) is 19.4 Å². The van der Waals surface area contributed by atoms with Crippen LogP contribution in [0.15, 0.2) is 24.3 Å². The monoisotopic (exact) mass is 348 g/mol. The molecule has 22 heavy (non-hydrogen) atoms. The number of urea groups is 1. The fourth-order valence-electron chi connectivity index (χ4n) is 1.59. The molecule has 0 radical (unpaired) electrons.